The van der Waals surface area contributed by atoms with Gasteiger partial charge in [0.1, 0.15) is 17.3 Å². The molecule has 0 saturated heterocycles. The standard InChI is InChI=1S/C24H25N7O/c1-25-21-13-17(7-9-26-21)20-15-29-24-19(20)11-18(14-28-24)16-6-8-27-22(12-16)30-23(32)5-4-10-31(2)3/h4-9,11-15H,10H2,1-3H3,(H,25,26)(H,28,29)(H,27,30,32). The van der Waals surface area contributed by atoms with Crippen LogP contribution in [0.4, 0.5) is 11.6 Å². The largest absolute Gasteiger partial charge is 0.373 e. The summed E-state index contributed by atoms with van der Waals surface area (Å²) in [5.41, 5.74) is 4.74. The molecule has 0 aliphatic rings. The van der Waals surface area contributed by atoms with Gasteiger partial charge in [0.2, 0.25) is 5.91 Å². The summed E-state index contributed by atoms with van der Waals surface area (Å²) in [6.07, 6.45) is 10.5. The van der Waals surface area contributed by atoms with E-state index in [0.29, 0.717) is 12.4 Å². The molecular formula is C24H25N7O. The van der Waals surface area contributed by atoms with Gasteiger partial charge in [-0.2, -0.15) is 0 Å². The number of amides is 1. The monoisotopic (exact) mass is 427 g/mol. The second-order valence-electron chi connectivity index (χ2n) is 7.59. The Morgan fingerprint density at radius 2 is 1.78 bits per heavy atom. The van der Waals surface area contributed by atoms with Crippen LogP contribution in [0.5, 0.6) is 0 Å². The molecule has 0 fully saturated rings. The number of hydrogen-bond donors (Lipinski definition) is 3. The molecule has 0 radical (unpaired) electrons. The van der Waals surface area contributed by atoms with Gasteiger partial charge in [0.15, 0.2) is 0 Å². The highest BCUT2D eigenvalue weighted by Crippen LogP contribution is 2.32. The van der Waals surface area contributed by atoms with E-state index in [1.165, 1.54) is 6.08 Å². The second kappa shape index (κ2) is 9.40. The lowest BCUT2D eigenvalue weighted by Gasteiger charge is -2.07. The minimum Gasteiger partial charge on any atom is -0.373 e. The van der Waals surface area contributed by atoms with Crippen molar-refractivity contribution >= 4 is 28.6 Å². The fourth-order valence-electron chi connectivity index (χ4n) is 3.35. The summed E-state index contributed by atoms with van der Waals surface area (Å²) < 4.78 is 0. The van der Waals surface area contributed by atoms with E-state index in [-0.39, 0.29) is 5.91 Å². The molecule has 8 heteroatoms. The van der Waals surface area contributed by atoms with Gasteiger partial charge in [0, 0.05) is 61.0 Å². The number of nitrogens with zero attached hydrogens (tertiary/aromatic N) is 4. The van der Waals surface area contributed by atoms with Crippen molar-refractivity contribution in [2.75, 3.05) is 38.3 Å². The lowest BCUT2D eigenvalue weighted by molar-refractivity contribution is -0.111. The summed E-state index contributed by atoms with van der Waals surface area (Å²) in [5, 5.41) is 6.89. The first-order valence-corrected chi connectivity index (χ1v) is 10.2. The van der Waals surface area contributed by atoms with E-state index in [9.17, 15) is 4.79 Å². The summed E-state index contributed by atoms with van der Waals surface area (Å²) in [6.45, 7) is 0.693. The zero-order valence-electron chi connectivity index (χ0n) is 18.3. The Labute approximate surface area is 186 Å². The number of aromatic amines is 1. The maximum absolute atomic E-state index is 12.2. The van der Waals surface area contributed by atoms with Crippen LogP contribution in [0, 0.1) is 0 Å². The molecule has 0 aromatic carbocycles. The molecule has 0 saturated carbocycles. The molecule has 4 heterocycles. The van der Waals surface area contributed by atoms with Crippen LogP contribution in [0.2, 0.25) is 0 Å². The van der Waals surface area contributed by atoms with E-state index in [4.69, 9.17) is 0 Å². The lowest BCUT2D eigenvalue weighted by Crippen LogP contribution is -2.13. The number of hydrogen-bond acceptors (Lipinski definition) is 6. The van der Waals surface area contributed by atoms with Gasteiger partial charge in [0.25, 0.3) is 0 Å². The van der Waals surface area contributed by atoms with Crippen molar-refractivity contribution in [1.82, 2.24) is 24.8 Å². The average molecular weight is 428 g/mol. The number of carbonyl (C=O) groups is 1. The first-order chi connectivity index (χ1) is 15.5. The van der Waals surface area contributed by atoms with Crippen LogP contribution in [-0.4, -0.2) is 58.4 Å². The zero-order valence-corrected chi connectivity index (χ0v) is 18.3. The maximum atomic E-state index is 12.2. The Kier molecular flexibility index (Phi) is 6.23. The molecule has 4 aromatic heterocycles. The third-order valence-electron chi connectivity index (χ3n) is 4.94. The molecule has 1 amide bonds. The third-order valence-corrected chi connectivity index (χ3v) is 4.94. The molecule has 4 rings (SSSR count). The van der Waals surface area contributed by atoms with Crippen molar-refractivity contribution in [1.29, 1.82) is 0 Å². The highest BCUT2D eigenvalue weighted by Gasteiger charge is 2.11. The molecule has 0 spiro atoms. The van der Waals surface area contributed by atoms with E-state index >= 15 is 0 Å². The van der Waals surface area contributed by atoms with Gasteiger partial charge in [-0.05, 0) is 55.6 Å². The van der Waals surface area contributed by atoms with Gasteiger partial charge in [-0.25, -0.2) is 15.0 Å². The molecule has 4 aromatic rings. The van der Waals surface area contributed by atoms with Crippen LogP contribution in [0.1, 0.15) is 0 Å². The highest BCUT2D eigenvalue weighted by molar-refractivity contribution is 5.99. The quantitative estimate of drug-likeness (QED) is 0.388. The molecule has 0 aliphatic heterocycles. The summed E-state index contributed by atoms with van der Waals surface area (Å²) in [7, 11) is 5.74. The summed E-state index contributed by atoms with van der Waals surface area (Å²) >= 11 is 0. The topological polar surface area (TPSA) is 98.8 Å². The van der Waals surface area contributed by atoms with E-state index in [2.05, 4.69) is 36.6 Å². The number of fused-ring (bicyclic) bond motifs is 1. The Balaban J connectivity index is 1.62. The van der Waals surface area contributed by atoms with E-state index in [0.717, 1.165) is 39.1 Å². The normalized spacial score (nSPS) is 11.4. The van der Waals surface area contributed by atoms with E-state index in [1.54, 1.807) is 12.4 Å². The van der Waals surface area contributed by atoms with Crippen molar-refractivity contribution in [3.63, 3.8) is 0 Å². The Morgan fingerprint density at radius 1 is 1.03 bits per heavy atom. The van der Waals surface area contributed by atoms with Crippen LogP contribution in [0.25, 0.3) is 33.3 Å². The number of pyridine rings is 3. The molecule has 0 atom stereocenters. The van der Waals surface area contributed by atoms with E-state index < -0.39 is 0 Å². The fraction of sp³-hybridized carbons (Fsp3) is 0.167. The summed E-state index contributed by atoms with van der Waals surface area (Å²) in [6, 6.07) is 9.81. The van der Waals surface area contributed by atoms with Crippen LogP contribution < -0.4 is 10.6 Å². The SMILES string of the molecule is CNc1cc(-c2c[nH]c3ncc(-c4ccnc(NC(=O)C=CCN(C)C)c4)cc23)ccn1. The number of aromatic nitrogens is 4. The number of rotatable bonds is 7. The van der Waals surface area contributed by atoms with Crippen LogP contribution >= 0.6 is 0 Å². The Hall–Kier alpha value is -4.04. The van der Waals surface area contributed by atoms with Gasteiger partial charge in [-0.15, -0.1) is 0 Å². The Bertz CT molecular complexity index is 1280. The van der Waals surface area contributed by atoms with Gasteiger partial charge < -0.3 is 20.5 Å². The molecule has 0 aliphatic carbocycles. The molecule has 162 valence electrons. The molecule has 3 N–H and O–H groups in total. The third kappa shape index (κ3) is 4.81. The number of nitrogens with one attached hydrogen (secondary N) is 3. The molecular weight excluding hydrogens is 402 g/mol. The second-order valence-corrected chi connectivity index (χ2v) is 7.59. The first-order valence-electron chi connectivity index (χ1n) is 10.2. The number of H-pyrrole nitrogens is 1. The molecule has 8 nitrogen and oxygen atoms in total. The predicted octanol–water partition coefficient (Wildman–Crippen LogP) is 3.78. The minimum absolute atomic E-state index is 0.212. The maximum Gasteiger partial charge on any atom is 0.249 e. The van der Waals surface area contributed by atoms with Crippen LogP contribution in [0.3, 0.4) is 0 Å². The molecule has 0 bridgehead atoms. The van der Waals surface area contributed by atoms with E-state index in [1.807, 2.05) is 68.8 Å². The van der Waals surface area contributed by atoms with Crippen molar-refractivity contribution in [2.45, 2.75) is 0 Å². The number of likely N-dealkylation sites (N-methyl/N-ethyl adjacent to an activating group) is 1. The average Bonchev–Trinajstić information content (AvgIpc) is 3.22. The van der Waals surface area contributed by atoms with Crippen molar-refractivity contribution in [3.8, 4) is 22.3 Å². The summed E-state index contributed by atoms with van der Waals surface area (Å²) in [4.78, 5) is 30.5. The van der Waals surface area contributed by atoms with Crippen molar-refractivity contribution < 1.29 is 4.79 Å². The number of carbonyl (C=O) groups excluding carboxylic acids is 1. The van der Waals surface area contributed by atoms with Crippen molar-refractivity contribution in [3.05, 3.63) is 67.3 Å². The lowest BCUT2D eigenvalue weighted by atomic mass is 10.0. The summed E-state index contributed by atoms with van der Waals surface area (Å²) in [5.74, 6) is 1.08. The molecule has 32 heavy (non-hydrogen) atoms. The fourth-order valence-corrected chi connectivity index (χ4v) is 3.35. The van der Waals surface area contributed by atoms with Crippen molar-refractivity contribution in [2.24, 2.45) is 0 Å². The minimum atomic E-state index is -0.212. The van der Waals surface area contributed by atoms with Gasteiger partial charge in [-0.1, -0.05) is 6.08 Å². The number of anilines is 2. The Morgan fingerprint density at radius 3 is 2.56 bits per heavy atom. The van der Waals surface area contributed by atoms with Crippen LogP contribution in [0.15, 0.2) is 67.3 Å². The van der Waals surface area contributed by atoms with Gasteiger partial charge in [-0.3, -0.25) is 4.79 Å². The smallest absolute Gasteiger partial charge is 0.249 e. The highest BCUT2D eigenvalue weighted by atomic mass is 16.1. The van der Waals surface area contributed by atoms with Gasteiger partial charge in [0.05, 0.1) is 0 Å². The van der Waals surface area contributed by atoms with Crippen LogP contribution in [-0.2, 0) is 4.79 Å². The van der Waals surface area contributed by atoms with Gasteiger partial charge >= 0.3 is 0 Å². The molecule has 0 unspecified atom stereocenters. The predicted molar refractivity (Wildman–Crippen MR) is 128 cm³/mol. The zero-order chi connectivity index (χ0) is 22.5. The first kappa shape index (κ1) is 21.2.